The number of carboxylic acid groups (broad SMARTS) is 1. The molecular weight excluding hydrogens is 225 g/mol. The molecule has 0 radical (unpaired) electrons. The summed E-state index contributed by atoms with van der Waals surface area (Å²) in [7, 11) is 0.0384. The summed E-state index contributed by atoms with van der Waals surface area (Å²) < 4.78 is 21.1. The van der Waals surface area contributed by atoms with Crippen molar-refractivity contribution in [1.82, 2.24) is 0 Å². The van der Waals surface area contributed by atoms with E-state index < -0.39 is 24.9 Å². The molecule has 0 aliphatic carbocycles. The third kappa shape index (κ3) is 3.30. The molecule has 7 nitrogen and oxygen atoms in total. The van der Waals surface area contributed by atoms with Crippen molar-refractivity contribution in [2.45, 2.75) is 12.6 Å². The molecule has 1 atom stereocenters. The van der Waals surface area contributed by atoms with Gasteiger partial charge in [0.2, 0.25) is 0 Å². The number of nitrogens with zero attached hydrogens (tertiary/aromatic N) is 1. The van der Waals surface area contributed by atoms with Crippen LogP contribution in [0.4, 0.5) is 0 Å². The highest BCUT2D eigenvalue weighted by atomic mass is 31.2. The number of carboxylic acids is 1. The zero-order chi connectivity index (χ0) is 12.1. The van der Waals surface area contributed by atoms with Crippen molar-refractivity contribution in [3.05, 3.63) is 0 Å². The maximum absolute atomic E-state index is 11.8. The molecule has 0 saturated heterocycles. The van der Waals surface area contributed by atoms with Gasteiger partial charge in [0.05, 0.1) is 0 Å². The first-order valence-electron chi connectivity index (χ1n) is 3.98. The van der Waals surface area contributed by atoms with Crippen LogP contribution in [0.3, 0.4) is 0 Å². The van der Waals surface area contributed by atoms with Crippen LogP contribution in [0.25, 0.3) is 0 Å². The highest BCUT2D eigenvalue weighted by molar-refractivity contribution is 7.56. The fourth-order valence-electron chi connectivity index (χ4n) is 0.933. The molecule has 0 aromatic rings. The van der Waals surface area contributed by atoms with Gasteiger partial charge in [-0.3, -0.25) is 4.57 Å². The van der Waals surface area contributed by atoms with Crippen LogP contribution >= 0.6 is 7.60 Å². The van der Waals surface area contributed by atoms with Gasteiger partial charge >= 0.3 is 13.6 Å². The van der Waals surface area contributed by atoms with E-state index in [0.717, 1.165) is 0 Å². The summed E-state index contributed by atoms with van der Waals surface area (Å²) in [5, 5.41) is 12.1. The summed E-state index contributed by atoms with van der Waals surface area (Å²) in [6.07, 6.45) is 0. The van der Waals surface area contributed by atoms with Gasteiger partial charge in [0, 0.05) is 14.2 Å². The number of oxime groups is 1. The highest BCUT2D eigenvalue weighted by Gasteiger charge is 2.38. The van der Waals surface area contributed by atoms with Gasteiger partial charge in [-0.15, -0.1) is 0 Å². The maximum Gasteiger partial charge on any atom is 0.354 e. The fraction of sp³-hybridized carbons (Fsp3) is 0.714. The average Bonchev–Trinajstić information content (AvgIpc) is 2.23. The molecule has 88 valence electrons. The Balaban J connectivity index is 5.10. The van der Waals surface area contributed by atoms with Gasteiger partial charge in [-0.25, -0.2) is 4.79 Å². The van der Waals surface area contributed by atoms with Crippen molar-refractivity contribution >= 4 is 19.3 Å². The molecule has 0 aliphatic heterocycles. The Bertz CT molecular complexity index is 294. The van der Waals surface area contributed by atoms with E-state index in [1.807, 2.05) is 0 Å². The SMILES string of the molecule is CO/N=C(/C(=O)O)C(C)P(=O)(OC)OC. The largest absolute Gasteiger partial charge is 0.477 e. The van der Waals surface area contributed by atoms with Crippen molar-refractivity contribution in [3.63, 3.8) is 0 Å². The van der Waals surface area contributed by atoms with Crippen molar-refractivity contribution in [3.8, 4) is 0 Å². The zero-order valence-electron chi connectivity index (χ0n) is 8.96. The van der Waals surface area contributed by atoms with Crippen LogP contribution in [0.1, 0.15) is 6.92 Å². The molecule has 0 spiro atoms. The first kappa shape index (κ1) is 14.1. The fourth-order valence-corrected chi connectivity index (χ4v) is 2.17. The lowest BCUT2D eigenvalue weighted by molar-refractivity contribution is -0.129. The average molecular weight is 239 g/mol. The third-order valence-electron chi connectivity index (χ3n) is 1.79. The van der Waals surface area contributed by atoms with Gasteiger partial charge in [-0.1, -0.05) is 5.16 Å². The van der Waals surface area contributed by atoms with Gasteiger partial charge < -0.3 is 19.0 Å². The third-order valence-corrected chi connectivity index (χ3v) is 4.00. The monoisotopic (exact) mass is 239 g/mol. The summed E-state index contributed by atoms with van der Waals surface area (Å²) in [6.45, 7) is 1.37. The lowest BCUT2D eigenvalue weighted by Crippen LogP contribution is -2.27. The Morgan fingerprint density at radius 2 is 1.80 bits per heavy atom. The standard InChI is InChI=1S/C7H14NO6P/c1-5(15(11,13-3)14-4)6(7(9)10)8-12-2/h5H,1-4H3,(H,9,10)/b8-6+. The number of carbonyl (C=O) groups is 1. The van der Waals surface area contributed by atoms with Crippen molar-refractivity contribution in [2.24, 2.45) is 5.16 Å². The topological polar surface area (TPSA) is 94.4 Å². The second-order valence-electron chi connectivity index (χ2n) is 2.55. The molecule has 0 bridgehead atoms. The van der Waals surface area contributed by atoms with Crippen LogP contribution < -0.4 is 0 Å². The lowest BCUT2D eigenvalue weighted by Gasteiger charge is -2.19. The Morgan fingerprint density at radius 3 is 2.07 bits per heavy atom. The van der Waals surface area contributed by atoms with E-state index in [1.54, 1.807) is 0 Å². The van der Waals surface area contributed by atoms with E-state index in [9.17, 15) is 9.36 Å². The normalized spacial score (nSPS) is 14.8. The quantitative estimate of drug-likeness (QED) is 0.421. The number of rotatable bonds is 6. The molecule has 0 heterocycles. The van der Waals surface area contributed by atoms with Crippen molar-refractivity contribution in [2.75, 3.05) is 21.3 Å². The van der Waals surface area contributed by atoms with E-state index in [1.165, 1.54) is 28.3 Å². The predicted octanol–water partition coefficient (Wildman–Crippen LogP) is 0.948. The summed E-state index contributed by atoms with van der Waals surface area (Å²) in [6, 6.07) is 0. The summed E-state index contributed by atoms with van der Waals surface area (Å²) in [4.78, 5) is 15.1. The molecule has 0 saturated carbocycles. The Morgan fingerprint density at radius 1 is 1.33 bits per heavy atom. The minimum absolute atomic E-state index is 0.412. The van der Waals surface area contributed by atoms with Crippen LogP contribution in [-0.4, -0.2) is 43.8 Å². The van der Waals surface area contributed by atoms with Gasteiger partial charge in [-0.2, -0.15) is 0 Å². The number of hydrogen-bond donors (Lipinski definition) is 1. The van der Waals surface area contributed by atoms with E-state index in [4.69, 9.17) is 5.11 Å². The molecule has 15 heavy (non-hydrogen) atoms. The van der Waals surface area contributed by atoms with Crippen molar-refractivity contribution < 1.29 is 28.4 Å². The molecule has 0 rings (SSSR count). The second kappa shape index (κ2) is 5.85. The van der Waals surface area contributed by atoms with Crippen LogP contribution in [-0.2, 0) is 23.2 Å². The molecule has 0 aromatic carbocycles. The van der Waals surface area contributed by atoms with Crippen LogP contribution in [0.5, 0.6) is 0 Å². The lowest BCUT2D eigenvalue weighted by atomic mass is 10.3. The van der Waals surface area contributed by atoms with Gasteiger partial charge in [-0.05, 0) is 6.92 Å². The molecule has 0 aliphatic rings. The smallest absolute Gasteiger partial charge is 0.354 e. The molecule has 8 heteroatoms. The molecule has 0 amide bonds. The molecular formula is C7H14NO6P. The Labute approximate surface area is 87.5 Å². The van der Waals surface area contributed by atoms with E-state index >= 15 is 0 Å². The highest BCUT2D eigenvalue weighted by Crippen LogP contribution is 2.51. The molecule has 0 aromatic heterocycles. The van der Waals surface area contributed by atoms with Crippen molar-refractivity contribution in [1.29, 1.82) is 0 Å². The van der Waals surface area contributed by atoms with E-state index in [2.05, 4.69) is 19.0 Å². The molecule has 1 N–H and O–H groups in total. The van der Waals surface area contributed by atoms with Gasteiger partial charge in [0.25, 0.3) is 0 Å². The second-order valence-corrected chi connectivity index (χ2v) is 5.13. The minimum atomic E-state index is -3.50. The Kier molecular flexibility index (Phi) is 5.49. The Hall–Kier alpha value is -0.910. The van der Waals surface area contributed by atoms with Crippen LogP contribution in [0, 0.1) is 0 Å². The summed E-state index contributed by atoms with van der Waals surface area (Å²) in [5.74, 6) is -1.33. The molecule has 0 fully saturated rings. The number of aliphatic carboxylic acids is 1. The summed E-state index contributed by atoms with van der Waals surface area (Å²) in [5.41, 5.74) is -1.42. The first-order valence-corrected chi connectivity index (χ1v) is 5.59. The van der Waals surface area contributed by atoms with Gasteiger partial charge in [0.1, 0.15) is 12.8 Å². The maximum atomic E-state index is 11.8. The van der Waals surface area contributed by atoms with E-state index in [0.29, 0.717) is 0 Å². The summed E-state index contributed by atoms with van der Waals surface area (Å²) >= 11 is 0. The minimum Gasteiger partial charge on any atom is -0.477 e. The number of hydrogen-bond acceptors (Lipinski definition) is 6. The predicted molar refractivity (Wildman–Crippen MR) is 53.2 cm³/mol. The zero-order valence-corrected chi connectivity index (χ0v) is 9.85. The first-order chi connectivity index (χ1) is 6.92. The molecule has 1 unspecified atom stereocenters. The van der Waals surface area contributed by atoms with Crippen LogP contribution in [0.15, 0.2) is 5.16 Å². The van der Waals surface area contributed by atoms with Gasteiger partial charge in [0.15, 0.2) is 5.71 Å². The van der Waals surface area contributed by atoms with Crippen LogP contribution in [0.2, 0.25) is 0 Å². The van der Waals surface area contributed by atoms with E-state index in [-0.39, 0.29) is 0 Å².